The minimum atomic E-state index is -3.73. The van der Waals surface area contributed by atoms with Crippen molar-refractivity contribution in [3.63, 3.8) is 0 Å². The maximum Gasteiger partial charge on any atom is 0.254 e. The van der Waals surface area contributed by atoms with Gasteiger partial charge in [0.25, 0.3) is 5.91 Å². The van der Waals surface area contributed by atoms with Crippen molar-refractivity contribution in [2.75, 3.05) is 51.3 Å². The van der Waals surface area contributed by atoms with Crippen molar-refractivity contribution in [3.8, 4) is 5.75 Å². The molecule has 7 nitrogen and oxygen atoms in total. The van der Waals surface area contributed by atoms with Crippen LogP contribution >= 0.6 is 11.6 Å². The lowest BCUT2D eigenvalue weighted by molar-refractivity contribution is 0.0746. The summed E-state index contributed by atoms with van der Waals surface area (Å²) in [5.74, 6) is 0.0913. The van der Waals surface area contributed by atoms with Gasteiger partial charge >= 0.3 is 0 Å². The average Bonchev–Trinajstić information content (AvgIpc) is 2.85. The summed E-state index contributed by atoms with van der Waals surface area (Å²) in [6.45, 7) is 5.49. The minimum Gasteiger partial charge on any atom is -0.495 e. The molecule has 2 saturated heterocycles. The van der Waals surface area contributed by atoms with E-state index < -0.39 is 10.0 Å². The molecule has 9 heteroatoms. The lowest BCUT2D eigenvalue weighted by Gasteiger charge is -2.37. The number of anilines is 1. The van der Waals surface area contributed by atoms with Gasteiger partial charge in [0.05, 0.1) is 7.11 Å². The Labute approximate surface area is 200 Å². The highest BCUT2D eigenvalue weighted by molar-refractivity contribution is 7.89. The predicted octanol–water partition coefficient (Wildman–Crippen LogP) is 3.79. The topological polar surface area (TPSA) is 70.2 Å². The molecule has 2 heterocycles. The third kappa shape index (κ3) is 4.98. The predicted molar refractivity (Wildman–Crippen MR) is 130 cm³/mol. The summed E-state index contributed by atoms with van der Waals surface area (Å²) in [5.41, 5.74) is 2.58. The number of sulfonamides is 1. The largest absolute Gasteiger partial charge is 0.495 e. The van der Waals surface area contributed by atoms with Gasteiger partial charge in [0.1, 0.15) is 10.6 Å². The third-order valence-electron chi connectivity index (χ3n) is 6.42. The first-order valence-corrected chi connectivity index (χ1v) is 13.1. The van der Waals surface area contributed by atoms with Gasteiger partial charge < -0.3 is 14.5 Å². The van der Waals surface area contributed by atoms with Crippen molar-refractivity contribution in [3.05, 3.63) is 52.5 Å². The number of ether oxygens (including phenoxy) is 1. The molecule has 0 aliphatic carbocycles. The van der Waals surface area contributed by atoms with Crippen LogP contribution in [0.2, 0.25) is 5.02 Å². The van der Waals surface area contributed by atoms with E-state index in [0.29, 0.717) is 49.9 Å². The molecule has 33 heavy (non-hydrogen) atoms. The van der Waals surface area contributed by atoms with Crippen LogP contribution in [-0.2, 0) is 10.0 Å². The lowest BCUT2D eigenvalue weighted by atomic mass is 10.1. The van der Waals surface area contributed by atoms with Crippen LogP contribution < -0.4 is 9.64 Å². The van der Waals surface area contributed by atoms with Gasteiger partial charge in [-0.15, -0.1) is 0 Å². The van der Waals surface area contributed by atoms with Crippen molar-refractivity contribution < 1.29 is 17.9 Å². The standard InChI is InChI=1S/C24H30ClN3O4S/c1-18-6-8-20(25)17-21(18)26-12-14-27(15-13-26)24(29)19-7-9-22(32-2)23(16-19)33(30,31)28-10-4-3-5-11-28/h6-9,16-17H,3-5,10-15H2,1-2H3. The monoisotopic (exact) mass is 491 g/mol. The number of carbonyl (C=O) groups excluding carboxylic acids is 1. The molecule has 2 aliphatic heterocycles. The van der Waals surface area contributed by atoms with Crippen LogP contribution in [0.1, 0.15) is 35.2 Å². The second-order valence-electron chi connectivity index (χ2n) is 8.54. The first-order chi connectivity index (χ1) is 15.8. The highest BCUT2D eigenvalue weighted by Gasteiger charge is 2.31. The van der Waals surface area contributed by atoms with E-state index in [9.17, 15) is 13.2 Å². The first-order valence-electron chi connectivity index (χ1n) is 11.3. The molecule has 2 aromatic rings. The van der Waals surface area contributed by atoms with E-state index in [1.54, 1.807) is 17.0 Å². The van der Waals surface area contributed by atoms with Crippen molar-refractivity contribution in [1.29, 1.82) is 0 Å². The van der Waals surface area contributed by atoms with E-state index in [2.05, 4.69) is 4.90 Å². The van der Waals surface area contributed by atoms with Gasteiger partial charge in [-0.2, -0.15) is 4.31 Å². The number of nitrogens with zero attached hydrogens (tertiary/aromatic N) is 3. The molecule has 2 aliphatic rings. The first kappa shape index (κ1) is 23.9. The number of rotatable bonds is 5. The summed E-state index contributed by atoms with van der Waals surface area (Å²) >= 11 is 6.17. The van der Waals surface area contributed by atoms with Crippen LogP contribution in [-0.4, -0.2) is 69.9 Å². The van der Waals surface area contributed by atoms with E-state index >= 15 is 0 Å². The fourth-order valence-corrected chi connectivity index (χ4v) is 6.38. The maximum atomic E-state index is 13.3. The second kappa shape index (κ2) is 9.91. The number of aryl methyl sites for hydroxylation is 1. The maximum absolute atomic E-state index is 13.3. The van der Waals surface area contributed by atoms with E-state index in [-0.39, 0.29) is 16.6 Å². The summed E-state index contributed by atoms with van der Waals surface area (Å²) in [6.07, 6.45) is 2.72. The molecule has 0 aromatic heterocycles. The molecule has 4 rings (SSSR count). The Morgan fingerprint density at radius 1 is 0.939 bits per heavy atom. The SMILES string of the molecule is COc1ccc(C(=O)N2CCN(c3cc(Cl)ccc3C)CC2)cc1S(=O)(=O)N1CCCCC1. The average molecular weight is 492 g/mol. The summed E-state index contributed by atoms with van der Waals surface area (Å²) in [6, 6.07) is 10.5. The number of carbonyl (C=O) groups is 1. The molecule has 2 fully saturated rings. The summed E-state index contributed by atoms with van der Waals surface area (Å²) < 4.78 is 33.4. The van der Waals surface area contributed by atoms with Crippen molar-refractivity contribution in [1.82, 2.24) is 9.21 Å². The Kier molecular flexibility index (Phi) is 7.16. The zero-order valence-corrected chi connectivity index (χ0v) is 20.7. The van der Waals surface area contributed by atoms with E-state index in [1.807, 2.05) is 25.1 Å². The smallest absolute Gasteiger partial charge is 0.254 e. The van der Waals surface area contributed by atoms with E-state index in [0.717, 1.165) is 30.5 Å². The van der Waals surface area contributed by atoms with Gasteiger partial charge in [0.15, 0.2) is 0 Å². The molecule has 0 bridgehead atoms. The fourth-order valence-electron chi connectivity index (χ4n) is 4.51. The Hall–Kier alpha value is -2.29. The van der Waals surface area contributed by atoms with Crippen LogP contribution in [0.3, 0.4) is 0 Å². The Morgan fingerprint density at radius 3 is 2.30 bits per heavy atom. The van der Waals surface area contributed by atoms with Gasteiger partial charge in [-0.3, -0.25) is 4.79 Å². The molecule has 0 N–H and O–H groups in total. The van der Waals surface area contributed by atoms with Gasteiger partial charge in [-0.05, 0) is 55.7 Å². The van der Waals surface area contributed by atoms with Crippen LogP contribution in [0, 0.1) is 6.92 Å². The highest BCUT2D eigenvalue weighted by atomic mass is 35.5. The van der Waals surface area contributed by atoms with Gasteiger partial charge in [-0.1, -0.05) is 24.1 Å². The molecule has 0 radical (unpaired) electrons. The molecular formula is C24H30ClN3O4S. The zero-order chi connectivity index (χ0) is 23.6. The third-order valence-corrected chi connectivity index (χ3v) is 8.58. The lowest BCUT2D eigenvalue weighted by Crippen LogP contribution is -2.49. The van der Waals surface area contributed by atoms with Crippen LogP contribution in [0.4, 0.5) is 5.69 Å². The van der Waals surface area contributed by atoms with Crippen molar-refractivity contribution in [2.24, 2.45) is 0 Å². The Bertz CT molecular complexity index is 1120. The second-order valence-corrected chi connectivity index (χ2v) is 10.9. The number of benzene rings is 2. The summed E-state index contributed by atoms with van der Waals surface area (Å²) in [7, 11) is -2.28. The normalized spacial score (nSPS) is 17.8. The number of hydrogen-bond acceptors (Lipinski definition) is 5. The number of amides is 1. The molecule has 0 unspecified atom stereocenters. The van der Waals surface area contributed by atoms with Gasteiger partial charge in [-0.25, -0.2) is 8.42 Å². The Balaban J connectivity index is 1.52. The van der Waals surface area contributed by atoms with E-state index in [4.69, 9.17) is 16.3 Å². The summed E-state index contributed by atoms with van der Waals surface area (Å²) in [4.78, 5) is 17.3. The quantitative estimate of drug-likeness (QED) is 0.636. The van der Waals surface area contributed by atoms with Gasteiger partial charge in [0, 0.05) is 55.5 Å². The minimum absolute atomic E-state index is 0.0611. The zero-order valence-electron chi connectivity index (χ0n) is 19.1. The molecule has 0 spiro atoms. The number of methoxy groups -OCH3 is 1. The Morgan fingerprint density at radius 2 is 1.64 bits per heavy atom. The molecule has 0 saturated carbocycles. The van der Waals surface area contributed by atoms with Crippen LogP contribution in [0.25, 0.3) is 0 Å². The van der Waals surface area contributed by atoms with Gasteiger partial charge in [0.2, 0.25) is 10.0 Å². The number of halogens is 1. The van der Waals surface area contributed by atoms with Crippen LogP contribution in [0.15, 0.2) is 41.3 Å². The summed E-state index contributed by atoms with van der Waals surface area (Å²) in [5, 5.41) is 0.690. The van der Waals surface area contributed by atoms with E-state index in [1.165, 1.54) is 17.5 Å². The molecule has 178 valence electrons. The number of piperazine rings is 1. The molecular weight excluding hydrogens is 462 g/mol. The van der Waals surface area contributed by atoms with Crippen molar-refractivity contribution in [2.45, 2.75) is 31.1 Å². The molecule has 1 amide bonds. The molecule has 0 atom stereocenters. The fraction of sp³-hybridized carbons (Fsp3) is 0.458. The molecule has 2 aromatic carbocycles. The number of piperidine rings is 1. The van der Waals surface area contributed by atoms with Crippen LogP contribution in [0.5, 0.6) is 5.75 Å². The number of hydrogen-bond donors (Lipinski definition) is 0. The van der Waals surface area contributed by atoms with Crippen molar-refractivity contribution >= 4 is 33.2 Å². The highest BCUT2D eigenvalue weighted by Crippen LogP contribution is 2.30.